The molecule has 2 rings (SSSR count). The Balaban J connectivity index is 2.06. The highest BCUT2D eigenvalue weighted by atomic mass is 15.1. The van der Waals surface area contributed by atoms with Gasteiger partial charge in [-0.15, -0.1) is 0 Å². The fraction of sp³-hybridized carbons (Fsp3) is 0.875. The van der Waals surface area contributed by atoms with Crippen molar-refractivity contribution in [1.29, 1.82) is 5.41 Å². The zero-order valence-electron chi connectivity index (χ0n) is 6.43. The van der Waals surface area contributed by atoms with E-state index < -0.39 is 0 Å². The van der Waals surface area contributed by atoms with Crippen LogP contribution in [0.3, 0.4) is 0 Å². The summed E-state index contributed by atoms with van der Waals surface area (Å²) in [6.45, 7) is 2.46. The van der Waals surface area contributed by atoms with Crippen LogP contribution in [0.25, 0.3) is 0 Å². The van der Waals surface area contributed by atoms with Crippen LogP contribution in [0.15, 0.2) is 0 Å². The number of fused-ring (bicyclic) bond motifs is 1. The lowest BCUT2D eigenvalue weighted by molar-refractivity contribution is 0.392. The molecule has 0 radical (unpaired) electrons. The fourth-order valence-corrected chi connectivity index (χ4v) is 2.35. The number of nitrogens with one attached hydrogen (secondary N) is 1. The van der Waals surface area contributed by atoms with Gasteiger partial charge in [0, 0.05) is 18.8 Å². The Morgan fingerprint density at radius 2 is 1.80 bits per heavy atom. The van der Waals surface area contributed by atoms with Gasteiger partial charge in [-0.25, -0.2) is 0 Å². The van der Waals surface area contributed by atoms with Crippen LogP contribution < -0.4 is 0 Å². The average molecular weight is 138 g/mol. The molecular formula is C8H14N2. The average Bonchev–Trinajstić information content (AvgIpc) is 2.21. The first-order valence-electron chi connectivity index (χ1n) is 4.00. The van der Waals surface area contributed by atoms with Crippen molar-refractivity contribution < 1.29 is 0 Å². The molecule has 1 saturated carbocycles. The molecule has 0 bridgehead atoms. The Bertz CT molecular complexity index is 149. The van der Waals surface area contributed by atoms with Gasteiger partial charge in [-0.2, -0.15) is 0 Å². The molecule has 10 heavy (non-hydrogen) atoms. The minimum absolute atomic E-state index is 0.831. The third kappa shape index (κ3) is 0.870. The number of hydrogen-bond donors (Lipinski definition) is 1. The highest BCUT2D eigenvalue weighted by Crippen LogP contribution is 2.34. The van der Waals surface area contributed by atoms with E-state index in [0.29, 0.717) is 0 Å². The Morgan fingerprint density at radius 3 is 2.30 bits per heavy atom. The summed E-state index contributed by atoms with van der Waals surface area (Å²) in [5.41, 5.74) is 0.989. The molecule has 2 atom stereocenters. The highest BCUT2D eigenvalue weighted by Gasteiger charge is 2.36. The quantitative estimate of drug-likeness (QED) is 0.530. The number of nitrogens with zero attached hydrogens (tertiary/aromatic N) is 1. The molecule has 56 valence electrons. The van der Waals surface area contributed by atoms with Crippen molar-refractivity contribution in [1.82, 2.24) is 4.90 Å². The molecule has 2 nitrogen and oxygen atoms in total. The normalized spacial score (nSPS) is 40.7. The molecule has 0 aromatic carbocycles. The predicted molar refractivity (Wildman–Crippen MR) is 41.4 cm³/mol. The van der Waals surface area contributed by atoms with E-state index in [1.807, 2.05) is 0 Å². The maximum Gasteiger partial charge on any atom is 0.00958 e. The SMILES string of the molecule is CN1CC2CC(=N)CC2C1. The van der Waals surface area contributed by atoms with Gasteiger partial charge in [0.1, 0.15) is 0 Å². The van der Waals surface area contributed by atoms with E-state index in [4.69, 9.17) is 5.41 Å². The van der Waals surface area contributed by atoms with E-state index in [2.05, 4.69) is 11.9 Å². The predicted octanol–water partition coefficient (Wildman–Crippen LogP) is 0.978. The zero-order valence-corrected chi connectivity index (χ0v) is 6.43. The second kappa shape index (κ2) is 2.06. The van der Waals surface area contributed by atoms with Gasteiger partial charge < -0.3 is 10.3 Å². The summed E-state index contributed by atoms with van der Waals surface area (Å²) in [6, 6.07) is 0. The Labute approximate surface area is 61.7 Å². The molecule has 1 aliphatic heterocycles. The molecule has 0 aromatic rings. The fourth-order valence-electron chi connectivity index (χ4n) is 2.35. The molecule has 2 unspecified atom stereocenters. The molecule has 2 fully saturated rings. The largest absolute Gasteiger partial charge is 0.310 e. The van der Waals surface area contributed by atoms with Gasteiger partial charge in [0.15, 0.2) is 0 Å². The van der Waals surface area contributed by atoms with Crippen molar-refractivity contribution in [2.24, 2.45) is 11.8 Å². The molecule has 1 N–H and O–H groups in total. The van der Waals surface area contributed by atoms with Crippen molar-refractivity contribution in [3.8, 4) is 0 Å². The first kappa shape index (κ1) is 6.35. The third-order valence-electron chi connectivity index (χ3n) is 2.78. The lowest BCUT2D eigenvalue weighted by Gasteiger charge is -2.07. The van der Waals surface area contributed by atoms with Crippen molar-refractivity contribution in [2.75, 3.05) is 20.1 Å². The Morgan fingerprint density at radius 1 is 1.30 bits per heavy atom. The van der Waals surface area contributed by atoms with Crippen LogP contribution in [0.1, 0.15) is 12.8 Å². The summed E-state index contributed by atoms with van der Waals surface area (Å²) in [6.07, 6.45) is 2.16. The van der Waals surface area contributed by atoms with Crippen LogP contribution in [0, 0.1) is 17.2 Å². The van der Waals surface area contributed by atoms with Crippen LogP contribution in [0.5, 0.6) is 0 Å². The molecule has 2 heteroatoms. The van der Waals surface area contributed by atoms with Gasteiger partial charge in [0.25, 0.3) is 0 Å². The summed E-state index contributed by atoms with van der Waals surface area (Å²) >= 11 is 0. The third-order valence-corrected chi connectivity index (χ3v) is 2.78. The minimum atomic E-state index is 0.831. The number of likely N-dealkylation sites (tertiary alicyclic amines) is 1. The van der Waals surface area contributed by atoms with Crippen molar-refractivity contribution in [2.45, 2.75) is 12.8 Å². The second-order valence-electron chi connectivity index (χ2n) is 3.75. The van der Waals surface area contributed by atoms with Gasteiger partial charge >= 0.3 is 0 Å². The zero-order chi connectivity index (χ0) is 7.14. The van der Waals surface area contributed by atoms with Crippen LogP contribution in [0.2, 0.25) is 0 Å². The summed E-state index contributed by atoms with van der Waals surface area (Å²) in [5.74, 6) is 1.66. The van der Waals surface area contributed by atoms with E-state index in [0.717, 1.165) is 30.4 Å². The Hall–Kier alpha value is -0.370. The maximum absolute atomic E-state index is 7.49. The summed E-state index contributed by atoms with van der Waals surface area (Å²) in [4.78, 5) is 2.39. The lowest BCUT2D eigenvalue weighted by Crippen LogP contribution is -2.16. The van der Waals surface area contributed by atoms with Crippen molar-refractivity contribution >= 4 is 5.71 Å². The molecule has 0 spiro atoms. The van der Waals surface area contributed by atoms with Crippen LogP contribution in [-0.2, 0) is 0 Å². The van der Waals surface area contributed by atoms with Gasteiger partial charge in [0.2, 0.25) is 0 Å². The Kier molecular flexibility index (Phi) is 1.31. The van der Waals surface area contributed by atoms with Gasteiger partial charge in [-0.1, -0.05) is 0 Å². The number of rotatable bonds is 0. The van der Waals surface area contributed by atoms with Gasteiger partial charge in [-0.3, -0.25) is 0 Å². The standard InChI is InChI=1S/C8H14N2/c1-10-4-6-2-8(9)3-7(6)5-10/h6-7,9H,2-5H2,1H3. The molecule has 1 aliphatic carbocycles. The smallest absolute Gasteiger partial charge is 0.00958 e. The van der Waals surface area contributed by atoms with Crippen LogP contribution >= 0.6 is 0 Å². The van der Waals surface area contributed by atoms with E-state index in [1.54, 1.807) is 0 Å². The van der Waals surface area contributed by atoms with E-state index in [-0.39, 0.29) is 0 Å². The van der Waals surface area contributed by atoms with E-state index in [1.165, 1.54) is 13.1 Å². The molecule has 1 heterocycles. The second-order valence-corrected chi connectivity index (χ2v) is 3.75. The van der Waals surface area contributed by atoms with Gasteiger partial charge in [0.05, 0.1) is 0 Å². The first-order chi connectivity index (χ1) is 4.75. The van der Waals surface area contributed by atoms with E-state index >= 15 is 0 Å². The summed E-state index contributed by atoms with van der Waals surface area (Å²) < 4.78 is 0. The summed E-state index contributed by atoms with van der Waals surface area (Å²) in [5, 5.41) is 7.49. The molecule has 1 saturated heterocycles. The topological polar surface area (TPSA) is 27.1 Å². The molecule has 0 aromatic heterocycles. The molecule has 2 aliphatic rings. The summed E-state index contributed by atoms with van der Waals surface area (Å²) in [7, 11) is 2.18. The number of hydrogen-bond acceptors (Lipinski definition) is 2. The lowest BCUT2D eigenvalue weighted by atomic mass is 10.0. The van der Waals surface area contributed by atoms with Gasteiger partial charge in [-0.05, 0) is 31.7 Å². The van der Waals surface area contributed by atoms with Crippen molar-refractivity contribution in [3.63, 3.8) is 0 Å². The molecule has 0 amide bonds. The van der Waals surface area contributed by atoms with Crippen LogP contribution in [0.4, 0.5) is 0 Å². The maximum atomic E-state index is 7.49. The highest BCUT2D eigenvalue weighted by molar-refractivity contribution is 5.84. The monoisotopic (exact) mass is 138 g/mol. The van der Waals surface area contributed by atoms with Crippen molar-refractivity contribution in [3.05, 3.63) is 0 Å². The van der Waals surface area contributed by atoms with Crippen LogP contribution in [-0.4, -0.2) is 30.7 Å². The van der Waals surface area contributed by atoms with E-state index in [9.17, 15) is 0 Å². The first-order valence-corrected chi connectivity index (χ1v) is 4.00. The minimum Gasteiger partial charge on any atom is -0.310 e. The molecular weight excluding hydrogens is 124 g/mol.